The highest BCUT2D eigenvalue weighted by atomic mass is 15.1. The van der Waals surface area contributed by atoms with Gasteiger partial charge in [-0.05, 0) is 130 Å². The summed E-state index contributed by atoms with van der Waals surface area (Å²) in [7, 11) is 0. The molecule has 0 fully saturated rings. The molecular formula is C67H43N. The Morgan fingerprint density at radius 3 is 1.21 bits per heavy atom. The number of fused-ring (bicyclic) bond motifs is 18. The molecule has 14 rings (SSSR count). The molecule has 0 unspecified atom stereocenters. The number of hydrogen-bond acceptors (Lipinski definition) is 1. The molecule has 0 saturated carbocycles. The Balaban J connectivity index is 1.09. The van der Waals surface area contributed by atoms with Crippen LogP contribution in [0, 0.1) is 0 Å². The van der Waals surface area contributed by atoms with E-state index >= 15 is 0 Å². The fraction of sp³-hybridized carbons (Fsp3) is 0.0149. The normalized spacial score (nSPS) is 12.8. The number of benzene rings is 11. The van der Waals surface area contributed by atoms with Gasteiger partial charge in [0.15, 0.2) is 0 Å². The molecule has 0 heterocycles. The van der Waals surface area contributed by atoms with Gasteiger partial charge in [0.25, 0.3) is 0 Å². The Morgan fingerprint density at radius 1 is 0.221 bits per heavy atom. The van der Waals surface area contributed by atoms with E-state index in [0.717, 1.165) is 28.2 Å². The molecule has 316 valence electrons. The molecule has 3 aliphatic carbocycles. The van der Waals surface area contributed by atoms with Crippen LogP contribution in [0.15, 0.2) is 261 Å². The van der Waals surface area contributed by atoms with E-state index in [1.807, 2.05) is 0 Å². The van der Waals surface area contributed by atoms with E-state index in [1.165, 1.54) is 100 Å². The molecule has 1 heteroatoms. The average molecular weight is 862 g/mol. The molecule has 0 amide bonds. The van der Waals surface area contributed by atoms with Crippen molar-refractivity contribution in [3.05, 3.63) is 283 Å². The van der Waals surface area contributed by atoms with Crippen molar-refractivity contribution in [2.24, 2.45) is 0 Å². The summed E-state index contributed by atoms with van der Waals surface area (Å²) in [4.78, 5) is 2.57. The van der Waals surface area contributed by atoms with Crippen molar-refractivity contribution in [3.8, 4) is 89.0 Å². The standard InChI is InChI=1S/C67H43N/c1-3-20-44(21-4-1)46-38-41-64(58(42-46)45-22-5-2-6-23-45)68(47-39-40-54-52-28-10-9-26-50(52)48-24-7-8-25-49(48)51-27-11-12-29-53(51)59(54)43-47)65-37-19-36-63-66(65)57-32-15-18-35-62(57)67(63)60-33-16-13-30-55(60)56-31-14-17-34-61(56)67/h1-43H. The van der Waals surface area contributed by atoms with Crippen molar-refractivity contribution < 1.29 is 0 Å². The molecule has 0 atom stereocenters. The molecule has 0 aliphatic heterocycles. The van der Waals surface area contributed by atoms with Crippen LogP contribution in [0.2, 0.25) is 0 Å². The van der Waals surface area contributed by atoms with Gasteiger partial charge in [0.1, 0.15) is 0 Å². The second kappa shape index (κ2) is 15.1. The first-order valence-corrected chi connectivity index (χ1v) is 23.7. The Morgan fingerprint density at radius 2 is 0.647 bits per heavy atom. The van der Waals surface area contributed by atoms with Crippen molar-refractivity contribution >= 4 is 17.1 Å². The van der Waals surface area contributed by atoms with Gasteiger partial charge in [-0.2, -0.15) is 0 Å². The van der Waals surface area contributed by atoms with Crippen LogP contribution in [-0.4, -0.2) is 0 Å². The third-order valence-electron chi connectivity index (χ3n) is 14.9. The quantitative estimate of drug-likeness (QED) is 0.167. The summed E-state index contributed by atoms with van der Waals surface area (Å²) in [6, 6.07) is 97.2. The first kappa shape index (κ1) is 38.5. The van der Waals surface area contributed by atoms with Crippen LogP contribution >= 0.6 is 0 Å². The summed E-state index contributed by atoms with van der Waals surface area (Å²) in [6.45, 7) is 0. The maximum atomic E-state index is 2.57. The molecule has 3 aliphatic rings. The van der Waals surface area contributed by atoms with Crippen LogP contribution in [0.1, 0.15) is 22.3 Å². The van der Waals surface area contributed by atoms with Gasteiger partial charge in [-0.3, -0.25) is 0 Å². The summed E-state index contributed by atoms with van der Waals surface area (Å²) >= 11 is 0. The molecule has 0 saturated heterocycles. The zero-order chi connectivity index (χ0) is 44.8. The molecular weight excluding hydrogens is 819 g/mol. The fourth-order valence-corrected chi connectivity index (χ4v) is 12.1. The van der Waals surface area contributed by atoms with Crippen LogP contribution < -0.4 is 4.90 Å². The molecule has 0 radical (unpaired) electrons. The lowest BCUT2D eigenvalue weighted by Gasteiger charge is -2.33. The maximum absolute atomic E-state index is 2.57. The number of rotatable bonds is 5. The van der Waals surface area contributed by atoms with Crippen molar-refractivity contribution in [2.45, 2.75) is 5.41 Å². The minimum atomic E-state index is -0.484. The lowest BCUT2D eigenvalue weighted by Crippen LogP contribution is -2.26. The van der Waals surface area contributed by atoms with Gasteiger partial charge in [-0.25, -0.2) is 0 Å². The predicted octanol–water partition coefficient (Wildman–Crippen LogP) is 17.8. The third kappa shape index (κ3) is 5.51. The number of anilines is 3. The Hall–Kier alpha value is -8.78. The molecule has 1 nitrogen and oxygen atoms in total. The maximum Gasteiger partial charge on any atom is 0.0726 e. The molecule has 1 spiro atoms. The van der Waals surface area contributed by atoms with Gasteiger partial charge < -0.3 is 4.90 Å². The van der Waals surface area contributed by atoms with E-state index in [-0.39, 0.29) is 0 Å². The van der Waals surface area contributed by atoms with Crippen LogP contribution in [0.25, 0.3) is 89.0 Å². The summed E-state index contributed by atoms with van der Waals surface area (Å²) in [6.07, 6.45) is 0. The Kier molecular flexibility index (Phi) is 8.57. The topological polar surface area (TPSA) is 3.24 Å². The van der Waals surface area contributed by atoms with E-state index in [2.05, 4.69) is 266 Å². The third-order valence-corrected chi connectivity index (χ3v) is 14.9. The van der Waals surface area contributed by atoms with Crippen LogP contribution in [0.4, 0.5) is 17.1 Å². The van der Waals surface area contributed by atoms with Gasteiger partial charge in [-0.15, -0.1) is 0 Å². The fourth-order valence-electron chi connectivity index (χ4n) is 12.1. The molecule has 0 aromatic heterocycles. The zero-order valence-electron chi connectivity index (χ0n) is 37.3. The zero-order valence-corrected chi connectivity index (χ0v) is 37.3. The minimum absolute atomic E-state index is 0.484. The summed E-state index contributed by atoms with van der Waals surface area (Å²) < 4.78 is 0. The van der Waals surface area contributed by atoms with Gasteiger partial charge in [0.2, 0.25) is 0 Å². The number of nitrogens with zero attached hydrogens (tertiary/aromatic N) is 1. The molecule has 0 N–H and O–H groups in total. The summed E-state index contributed by atoms with van der Waals surface area (Å²) in [5.41, 5.74) is 27.8. The molecule has 0 bridgehead atoms. The SMILES string of the molecule is c1ccc(-c2ccc(N(c3ccc4c(c3)-c3ccccc3-c3ccccc3-c3ccccc3-4)c3cccc4c3-c3ccccc3C43c4ccccc4-c4ccccc43)c(-c3ccccc3)c2)cc1. The lowest BCUT2D eigenvalue weighted by molar-refractivity contribution is 0.794. The first-order valence-electron chi connectivity index (χ1n) is 23.7. The number of hydrogen-bond donors (Lipinski definition) is 0. The van der Waals surface area contributed by atoms with Crippen LogP contribution in [0.3, 0.4) is 0 Å². The highest BCUT2D eigenvalue weighted by Crippen LogP contribution is 2.65. The largest absolute Gasteiger partial charge is 0.309 e. The molecule has 68 heavy (non-hydrogen) atoms. The van der Waals surface area contributed by atoms with Gasteiger partial charge in [0, 0.05) is 16.8 Å². The second-order valence-electron chi connectivity index (χ2n) is 18.3. The van der Waals surface area contributed by atoms with Crippen molar-refractivity contribution in [1.82, 2.24) is 0 Å². The molecule has 11 aromatic carbocycles. The van der Waals surface area contributed by atoms with E-state index < -0.39 is 5.41 Å². The highest BCUT2D eigenvalue weighted by molar-refractivity contribution is 6.06. The second-order valence-corrected chi connectivity index (χ2v) is 18.3. The monoisotopic (exact) mass is 861 g/mol. The van der Waals surface area contributed by atoms with Crippen LogP contribution in [0.5, 0.6) is 0 Å². The van der Waals surface area contributed by atoms with Crippen molar-refractivity contribution in [2.75, 3.05) is 4.90 Å². The van der Waals surface area contributed by atoms with Gasteiger partial charge in [-0.1, -0.05) is 231 Å². The highest BCUT2D eigenvalue weighted by Gasteiger charge is 2.52. The van der Waals surface area contributed by atoms with E-state index in [0.29, 0.717) is 0 Å². The summed E-state index contributed by atoms with van der Waals surface area (Å²) in [5.74, 6) is 0. The van der Waals surface area contributed by atoms with E-state index in [4.69, 9.17) is 0 Å². The van der Waals surface area contributed by atoms with Gasteiger partial charge in [0.05, 0.1) is 16.8 Å². The van der Waals surface area contributed by atoms with Crippen molar-refractivity contribution in [1.29, 1.82) is 0 Å². The van der Waals surface area contributed by atoms with E-state index in [1.54, 1.807) is 0 Å². The lowest BCUT2D eigenvalue weighted by atomic mass is 9.70. The van der Waals surface area contributed by atoms with Crippen molar-refractivity contribution in [3.63, 3.8) is 0 Å². The Bertz CT molecular complexity index is 3750. The average Bonchev–Trinajstić information content (AvgIpc) is 3.89. The van der Waals surface area contributed by atoms with Gasteiger partial charge >= 0.3 is 0 Å². The first-order chi connectivity index (χ1) is 33.8. The van der Waals surface area contributed by atoms with Crippen LogP contribution in [-0.2, 0) is 5.41 Å². The predicted molar refractivity (Wildman–Crippen MR) is 284 cm³/mol. The van der Waals surface area contributed by atoms with E-state index in [9.17, 15) is 0 Å². The summed E-state index contributed by atoms with van der Waals surface area (Å²) in [5, 5.41) is 0. The Labute approximate surface area is 397 Å². The molecule has 11 aromatic rings. The minimum Gasteiger partial charge on any atom is -0.309 e. The smallest absolute Gasteiger partial charge is 0.0726 e.